The number of hydrogen-bond donors (Lipinski definition) is 4. The summed E-state index contributed by atoms with van der Waals surface area (Å²) in [5.74, 6) is 0.992. The van der Waals surface area contributed by atoms with E-state index in [1.54, 1.807) is 12.4 Å². The van der Waals surface area contributed by atoms with Crippen molar-refractivity contribution in [1.82, 2.24) is 20.3 Å². The first-order valence-corrected chi connectivity index (χ1v) is 11.4. The summed E-state index contributed by atoms with van der Waals surface area (Å²) in [5, 5.41) is 15.4. The van der Waals surface area contributed by atoms with Crippen LogP contribution in [0.2, 0.25) is 0 Å². The van der Waals surface area contributed by atoms with Crippen LogP contribution in [-0.4, -0.2) is 57.9 Å². The SMILES string of the molecule is Cc1c(NC2CCOCC2)nc(-c2cccc(CNC(=O)[C@@H](N)CO)c2)nc1-c1ccncc1. The quantitative estimate of drug-likeness (QED) is 0.399. The van der Waals surface area contributed by atoms with E-state index in [2.05, 4.69) is 15.6 Å². The molecule has 1 aliphatic heterocycles. The van der Waals surface area contributed by atoms with Crippen LogP contribution in [0.1, 0.15) is 24.0 Å². The van der Waals surface area contributed by atoms with Crippen molar-refractivity contribution in [3.63, 3.8) is 0 Å². The van der Waals surface area contributed by atoms with Crippen molar-refractivity contribution in [2.24, 2.45) is 5.73 Å². The van der Waals surface area contributed by atoms with Crippen LogP contribution in [0.4, 0.5) is 5.82 Å². The molecule has 9 nitrogen and oxygen atoms in total. The van der Waals surface area contributed by atoms with Crippen LogP contribution in [0.25, 0.3) is 22.6 Å². The number of nitrogens with two attached hydrogens (primary N) is 1. The Hall–Kier alpha value is -3.40. The van der Waals surface area contributed by atoms with Crippen LogP contribution < -0.4 is 16.4 Å². The van der Waals surface area contributed by atoms with Gasteiger partial charge in [0.2, 0.25) is 5.91 Å². The number of aliphatic hydroxyl groups excluding tert-OH is 1. The minimum atomic E-state index is -0.939. The Kier molecular flexibility index (Phi) is 7.79. The number of anilines is 1. The molecule has 1 aliphatic rings. The average molecular weight is 463 g/mol. The van der Waals surface area contributed by atoms with Gasteiger partial charge in [0.05, 0.1) is 12.3 Å². The van der Waals surface area contributed by atoms with Gasteiger partial charge in [0, 0.05) is 54.9 Å². The molecule has 3 aromatic rings. The summed E-state index contributed by atoms with van der Waals surface area (Å²) in [6.07, 6.45) is 5.36. The summed E-state index contributed by atoms with van der Waals surface area (Å²) in [4.78, 5) is 25.8. The first kappa shape index (κ1) is 23.7. The molecule has 34 heavy (non-hydrogen) atoms. The molecule has 0 spiro atoms. The van der Waals surface area contributed by atoms with Gasteiger partial charge < -0.3 is 26.2 Å². The second kappa shape index (κ2) is 11.1. The van der Waals surface area contributed by atoms with E-state index >= 15 is 0 Å². The van der Waals surface area contributed by atoms with E-state index in [1.165, 1.54) is 0 Å². The van der Waals surface area contributed by atoms with Gasteiger partial charge in [-0.15, -0.1) is 0 Å². The van der Waals surface area contributed by atoms with Crippen molar-refractivity contribution in [1.29, 1.82) is 0 Å². The number of amides is 1. The summed E-state index contributed by atoms with van der Waals surface area (Å²) < 4.78 is 5.50. The lowest BCUT2D eigenvalue weighted by atomic mass is 10.1. The van der Waals surface area contributed by atoms with Gasteiger partial charge >= 0.3 is 0 Å². The lowest BCUT2D eigenvalue weighted by Crippen LogP contribution is -2.42. The van der Waals surface area contributed by atoms with E-state index in [-0.39, 0.29) is 12.6 Å². The third-order valence-electron chi connectivity index (χ3n) is 5.85. The average Bonchev–Trinajstić information content (AvgIpc) is 2.89. The third-order valence-corrected chi connectivity index (χ3v) is 5.85. The van der Waals surface area contributed by atoms with Gasteiger partial charge in [0.15, 0.2) is 5.82 Å². The van der Waals surface area contributed by atoms with E-state index in [0.717, 1.165) is 59.8 Å². The predicted octanol–water partition coefficient (Wildman–Crippen LogP) is 2.04. The summed E-state index contributed by atoms with van der Waals surface area (Å²) in [6.45, 7) is 3.39. The number of aliphatic hydroxyl groups is 1. The van der Waals surface area contributed by atoms with E-state index < -0.39 is 18.6 Å². The smallest absolute Gasteiger partial charge is 0.239 e. The van der Waals surface area contributed by atoms with Crippen LogP contribution >= 0.6 is 0 Å². The van der Waals surface area contributed by atoms with E-state index in [1.807, 2.05) is 43.3 Å². The normalized spacial score (nSPS) is 15.0. The highest BCUT2D eigenvalue weighted by molar-refractivity contribution is 5.81. The van der Waals surface area contributed by atoms with Crippen molar-refractivity contribution in [3.8, 4) is 22.6 Å². The molecule has 0 saturated carbocycles. The molecular formula is C25H30N6O3. The molecule has 5 N–H and O–H groups in total. The molecule has 0 aliphatic carbocycles. The number of carbonyl (C=O) groups excluding carboxylic acids is 1. The van der Waals surface area contributed by atoms with Crippen LogP contribution in [-0.2, 0) is 16.1 Å². The highest BCUT2D eigenvalue weighted by Gasteiger charge is 2.19. The molecule has 1 atom stereocenters. The summed E-state index contributed by atoms with van der Waals surface area (Å²) in [5.41, 5.74) is 10.1. The van der Waals surface area contributed by atoms with Crippen molar-refractivity contribution in [2.75, 3.05) is 25.1 Å². The zero-order valence-electron chi connectivity index (χ0n) is 19.2. The van der Waals surface area contributed by atoms with E-state index in [9.17, 15) is 4.79 Å². The number of nitrogens with one attached hydrogen (secondary N) is 2. The van der Waals surface area contributed by atoms with Crippen LogP contribution in [0, 0.1) is 6.92 Å². The molecule has 4 rings (SSSR count). The summed E-state index contributed by atoms with van der Waals surface area (Å²) in [7, 11) is 0. The molecule has 2 aromatic heterocycles. The predicted molar refractivity (Wildman–Crippen MR) is 130 cm³/mol. The monoisotopic (exact) mass is 462 g/mol. The fourth-order valence-electron chi connectivity index (χ4n) is 3.84. The Labute approximate surface area is 198 Å². The van der Waals surface area contributed by atoms with Crippen molar-refractivity contribution >= 4 is 11.7 Å². The third kappa shape index (κ3) is 5.74. The number of nitrogens with zero attached hydrogens (tertiary/aromatic N) is 3. The van der Waals surface area contributed by atoms with Gasteiger partial charge in [-0.1, -0.05) is 18.2 Å². The first-order chi connectivity index (χ1) is 16.5. The van der Waals surface area contributed by atoms with Gasteiger partial charge in [-0.3, -0.25) is 9.78 Å². The fraction of sp³-hybridized carbons (Fsp3) is 0.360. The van der Waals surface area contributed by atoms with Crippen LogP contribution in [0.15, 0.2) is 48.8 Å². The molecule has 9 heteroatoms. The lowest BCUT2D eigenvalue weighted by Gasteiger charge is -2.25. The number of pyridine rings is 1. The lowest BCUT2D eigenvalue weighted by molar-refractivity contribution is -0.123. The molecule has 1 aromatic carbocycles. The number of carbonyl (C=O) groups is 1. The maximum absolute atomic E-state index is 11.9. The molecule has 0 bridgehead atoms. The van der Waals surface area contributed by atoms with Gasteiger partial charge in [-0.25, -0.2) is 9.97 Å². The molecule has 3 heterocycles. The van der Waals surface area contributed by atoms with Crippen molar-refractivity contribution in [3.05, 3.63) is 59.9 Å². The van der Waals surface area contributed by atoms with Gasteiger partial charge in [0.25, 0.3) is 0 Å². The Morgan fingerprint density at radius 2 is 1.94 bits per heavy atom. The molecule has 1 saturated heterocycles. The number of hydrogen-bond acceptors (Lipinski definition) is 8. The zero-order valence-corrected chi connectivity index (χ0v) is 19.2. The Morgan fingerprint density at radius 1 is 1.18 bits per heavy atom. The van der Waals surface area contributed by atoms with Crippen molar-refractivity contribution in [2.45, 2.75) is 38.4 Å². The molecule has 0 unspecified atom stereocenters. The number of benzene rings is 1. The standard InChI is InChI=1S/C25H30N6O3/c1-16-22(18-5-9-27-10-6-18)30-24(31-23(16)29-20-7-11-34-12-8-20)19-4-2-3-17(13-19)14-28-25(33)21(26)15-32/h2-6,9-10,13,20-21,32H,7-8,11-12,14-15,26H2,1H3,(H,28,33)(H,29,30,31)/t21-/m0/s1. The number of rotatable bonds is 8. The van der Waals surface area contributed by atoms with Crippen LogP contribution in [0.3, 0.4) is 0 Å². The minimum Gasteiger partial charge on any atom is -0.394 e. The van der Waals surface area contributed by atoms with E-state index in [4.69, 9.17) is 25.5 Å². The van der Waals surface area contributed by atoms with Gasteiger partial charge in [0.1, 0.15) is 11.9 Å². The topological polar surface area (TPSA) is 135 Å². The first-order valence-electron chi connectivity index (χ1n) is 11.4. The second-order valence-electron chi connectivity index (χ2n) is 8.34. The highest BCUT2D eigenvalue weighted by atomic mass is 16.5. The molecule has 178 valence electrons. The van der Waals surface area contributed by atoms with E-state index in [0.29, 0.717) is 5.82 Å². The Morgan fingerprint density at radius 3 is 2.68 bits per heavy atom. The Bertz CT molecular complexity index is 1120. The molecule has 0 radical (unpaired) electrons. The zero-order chi connectivity index (χ0) is 23.9. The number of ether oxygens (including phenoxy) is 1. The molecule has 1 amide bonds. The summed E-state index contributed by atoms with van der Waals surface area (Å²) >= 11 is 0. The maximum atomic E-state index is 11.9. The fourth-order valence-corrected chi connectivity index (χ4v) is 3.84. The highest BCUT2D eigenvalue weighted by Crippen LogP contribution is 2.30. The maximum Gasteiger partial charge on any atom is 0.239 e. The summed E-state index contributed by atoms with van der Waals surface area (Å²) in [6, 6.07) is 10.9. The number of aromatic nitrogens is 3. The second-order valence-corrected chi connectivity index (χ2v) is 8.34. The largest absolute Gasteiger partial charge is 0.394 e. The van der Waals surface area contributed by atoms with Gasteiger partial charge in [-0.2, -0.15) is 0 Å². The minimum absolute atomic E-state index is 0.288. The Balaban J connectivity index is 1.66. The van der Waals surface area contributed by atoms with Crippen LogP contribution in [0.5, 0.6) is 0 Å². The van der Waals surface area contributed by atoms with Crippen molar-refractivity contribution < 1.29 is 14.6 Å². The molecule has 1 fully saturated rings. The molecular weight excluding hydrogens is 432 g/mol. The van der Waals surface area contributed by atoms with Gasteiger partial charge in [-0.05, 0) is 43.5 Å².